The van der Waals surface area contributed by atoms with Crippen molar-refractivity contribution >= 4 is 21.6 Å². The molecule has 1 aliphatic rings. The van der Waals surface area contributed by atoms with Gasteiger partial charge in [-0.05, 0) is 42.3 Å². The highest BCUT2D eigenvalue weighted by Crippen LogP contribution is 2.31. The van der Waals surface area contributed by atoms with Crippen molar-refractivity contribution in [1.82, 2.24) is 5.32 Å². The summed E-state index contributed by atoms with van der Waals surface area (Å²) in [6, 6.07) is 22.7. The van der Waals surface area contributed by atoms with E-state index in [-0.39, 0.29) is 24.1 Å². The van der Waals surface area contributed by atoms with Gasteiger partial charge in [0.2, 0.25) is 5.91 Å². The number of carbonyl (C=O) groups is 1. The van der Waals surface area contributed by atoms with Crippen molar-refractivity contribution in [1.29, 1.82) is 0 Å². The molecular formula is C25H26N2O5S. The fourth-order valence-corrected chi connectivity index (χ4v) is 5.13. The summed E-state index contributed by atoms with van der Waals surface area (Å²) in [7, 11) is -3.95. The van der Waals surface area contributed by atoms with Crippen LogP contribution in [0.25, 0.3) is 0 Å². The first-order valence-electron chi connectivity index (χ1n) is 10.8. The van der Waals surface area contributed by atoms with Gasteiger partial charge in [0.25, 0.3) is 10.0 Å². The van der Waals surface area contributed by atoms with Crippen molar-refractivity contribution in [2.45, 2.75) is 24.3 Å². The molecule has 0 spiro atoms. The first-order chi connectivity index (χ1) is 16.0. The van der Waals surface area contributed by atoms with Gasteiger partial charge < -0.3 is 14.8 Å². The monoisotopic (exact) mass is 466 g/mol. The van der Waals surface area contributed by atoms with Crippen molar-refractivity contribution in [2.75, 3.05) is 24.0 Å². The maximum absolute atomic E-state index is 13.5. The van der Waals surface area contributed by atoms with Crippen molar-refractivity contribution in [3.63, 3.8) is 0 Å². The summed E-state index contributed by atoms with van der Waals surface area (Å²) in [5, 5.41) is 2.79. The van der Waals surface area contributed by atoms with Crippen molar-refractivity contribution in [3.05, 3.63) is 84.4 Å². The first kappa shape index (κ1) is 22.7. The maximum Gasteiger partial charge on any atom is 0.264 e. The summed E-state index contributed by atoms with van der Waals surface area (Å²) in [6.45, 7) is 2.09. The Labute approximate surface area is 194 Å². The average Bonchev–Trinajstić information content (AvgIpc) is 2.86. The van der Waals surface area contributed by atoms with E-state index in [0.717, 1.165) is 5.56 Å². The van der Waals surface area contributed by atoms with E-state index in [2.05, 4.69) is 5.32 Å². The Bertz CT molecular complexity index is 1210. The number of fused-ring (bicyclic) bond motifs is 1. The van der Waals surface area contributed by atoms with Crippen LogP contribution in [0.5, 0.6) is 11.5 Å². The lowest BCUT2D eigenvalue weighted by Gasteiger charge is -2.28. The van der Waals surface area contributed by atoms with Gasteiger partial charge in [-0.25, -0.2) is 8.42 Å². The molecule has 1 heterocycles. The Kier molecular flexibility index (Phi) is 6.84. The number of benzene rings is 3. The molecular weight excluding hydrogens is 440 g/mol. The molecule has 1 amide bonds. The van der Waals surface area contributed by atoms with Gasteiger partial charge in [0.15, 0.2) is 11.5 Å². The van der Waals surface area contributed by atoms with Crippen molar-refractivity contribution in [3.8, 4) is 11.5 Å². The highest BCUT2D eigenvalue weighted by Gasteiger charge is 2.29. The minimum absolute atomic E-state index is 0.129. The van der Waals surface area contributed by atoms with Crippen LogP contribution in [0, 0.1) is 0 Å². The molecule has 1 N–H and O–H groups in total. The Morgan fingerprint density at radius 1 is 0.970 bits per heavy atom. The molecule has 0 fully saturated rings. The third-order valence-electron chi connectivity index (χ3n) is 5.35. The van der Waals surface area contributed by atoms with Crippen LogP contribution in [0.3, 0.4) is 0 Å². The van der Waals surface area contributed by atoms with Crippen LogP contribution in [0.1, 0.15) is 12.5 Å². The van der Waals surface area contributed by atoms with Gasteiger partial charge in [-0.2, -0.15) is 0 Å². The summed E-state index contributed by atoms with van der Waals surface area (Å²) in [4.78, 5) is 13.0. The molecule has 0 unspecified atom stereocenters. The predicted octanol–water partition coefficient (Wildman–Crippen LogP) is 3.40. The third-order valence-corrected chi connectivity index (χ3v) is 7.13. The highest BCUT2D eigenvalue weighted by molar-refractivity contribution is 7.92. The number of para-hydroxylation sites is 3. The molecule has 172 valence electrons. The number of ether oxygens (including phenoxy) is 2. The minimum Gasteiger partial charge on any atom is -0.486 e. The summed E-state index contributed by atoms with van der Waals surface area (Å²) in [5.41, 5.74) is 1.33. The highest BCUT2D eigenvalue weighted by atomic mass is 32.2. The second kappa shape index (κ2) is 9.95. The number of rotatable bonds is 8. The molecule has 0 aromatic heterocycles. The van der Waals surface area contributed by atoms with Crippen LogP contribution in [-0.2, 0) is 21.2 Å². The number of nitrogens with zero attached hydrogens (tertiary/aromatic N) is 1. The largest absolute Gasteiger partial charge is 0.486 e. The van der Waals surface area contributed by atoms with Crippen LogP contribution < -0.4 is 19.1 Å². The van der Waals surface area contributed by atoms with Crippen molar-refractivity contribution in [2.24, 2.45) is 0 Å². The van der Waals surface area contributed by atoms with E-state index < -0.39 is 15.9 Å². The second-order valence-corrected chi connectivity index (χ2v) is 9.47. The molecule has 33 heavy (non-hydrogen) atoms. The number of sulfonamides is 1. The molecule has 1 aliphatic heterocycles. The van der Waals surface area contributed by atoms with E-state index in [1.165, 1.54) is 16.4 Å². The first-order valence-corrected chi connectivity index (χ1v) is 12.2. The summed E-state index contributed by atoms with van der Waals surface area (Å²) in [6.07, 6.45) is 0.261. The molecule has 0 aliphatic carbocycles. The standard InChI is InChI=1S/C25H26N2O5S/c1-2-19-10-6-7-13-22(19)27(33(29,30)21-11-4-3-5-12-21)17-25(28)26-16-20-18-31-23-14-8-9-15-24(23)32-20/h3-15,20H,2,16-18H2,1H3,(H,26,28)/t20-/m0/s1. The zero-order valence-electron chi connectivity index (χ0n) is 18.3. The van der Waals surface area contributed by atoms with E-state index in [0.29, 0.717) is 30.2 Å². The van der Waals surface area contributed by atoms with Crippen LogP contribution >= 0.6 is 0 Å². The topological polar surface area (TPSA) is 84.9 Å². The third kappa shape index (κ3) is 5.12. The lowest BCUT2D eigenvalue weighted by atomic mass is 10.1. The van der Waals surface area contributed by atoms with Gasteiger partial charge >= 0.3 is 0 Å². The van der Waals surface area contributed by atoms with Gasteiger partial charge in [-0.3, -0.25) is 9.10 Å². The normalized spacial score (nSPS) is 15.0. The van der Waals surface area contributed by atoms with Gasteiger partial charge in [0.05, 0.1) is 17.1 Å². The fourth-order valence-electron chi connectivity index (χ4n) is 3.65. The number of hydrogen-bond acceptors (Lipinski definition) is 5. The van der Waals surface area contributed by atoms with Crippen molar-refractivity contribution < 1.29 is 22.7 Å². The second-order valence-electron chi connectivity index (χ2n) is 7.61. The lowest BCUT2D eigenvalue weighted by Crippen LogP contribution is -2.45. The summed E-state index contributed by atoms with van der Waals surface area (Å²) in [5.74, 6) is 0.854. The zero-order chi connectivity index (χ0) is 23.3. The Balaban J connectivity index is 1.51. The van der Waals surface area contributed by atoms with E-state index in [1.807, 2.05) is 37.3 Å². The molecule has 8 heteroatoms. The van der Waals surface area contributed by atoms with E-state index in [9.17, 15) is 13.2 Å². The SMILES string of the molecule is CCc1ccccc1N(CC(=O)NC[C@H]1COc2ccccc2O1)S(=O)(=O)c1ccccc1. The number of nitrogens with one attached hydrogen (secondary N) is 1. The molecule has 0 bridgehead atoms. The molecule has 4 rings (SSSR count). The van der Waals surface area contributed by atoms with E-state index >= 15 is 0 Å². The molecule has 0 saturated carbocycles. The van der Waals surface area contributed by atoms with Gasteiger partial charge in [0, 0.05) is 0 Å². The molecule has 7 nitrogen and oxygen atoms in total. The average molecular weight is 467 g/mol. The smallest absolute Gasteiger partial charge is 0.264 e. The van der Waals surface area contributed by atoms with Crippen LogP contribution in [0.2, 0.25) is 0 Å². The maximum atomic E-state index is 13.5. The minimum atomic E-state index is -3.95. The van der Waals surface area contributed by atoms with Gasteiger partial charge in [-0.1, -0.05) is 55.5 Å². The number of aryl methyl sites for hydroxylation is 1. The lowest BCUT2D eigenvalue weighted by molar-refractivity contribution is -0.120. The van der Waals surface area contributed by atoms with Gasteiger partial charge in [-0.15, -0.1) is 0 Å². The van der Waals surface area contributed by atoms with Crippen LogP contribution in [-0.4, -0.2) is 40.1 Å². The number of hydrogen-bond donors (Lipinski definition) is 1. The molecule has 3 aromatic rings. The Morgan fingerprint density at radius 3 is 2.39 bits per heavy atom. The van der Waals surface area contributed by atoms with E-state index in [4.69, 9.17) is 9.47 Å². The summed E-state index contributed by atoms with van der Waals surface area (Å²) < 4.78 is 39.7. The molecule has 3 aromatic carbocycles. The molecule has 0 radical (unpaired) electrons. The van der Waals surface area contributed by atoms with E-state index in [1.54, 1.807) is 36.4 Å². The molecule has 1 atom stereocenters. The molecule has 0 saturated heterocycles. The number of carbonyl (C=O) groups excluding carboxylic acids is 1. The quantitative estimate of drug-likeness (QED) is 0.550. The Morgan fingerprint density at radius 2 is 1.64 bits per heavy atom. The zero-order valence-corrected chi connectivity index (χ0v) is 19.1. The Hall–Kier alpha value is -3.52. The van der Waals surface area contributed by atoms with Crippen LogP contribution in [0.4, 0.5) is 5.69 Å². The number of amides is 1. The predicted molar refractivity (Wildman–Crippen MR) is 126 cm³/mol. The summed E-state index contributed by atoms with van der Waals surface area (Å²) >= 11 is 0. The van der Waals surface area contributed by atoms with Crippen LogP contribution in [0.15, 0.2) is 83.8 Å². The fraction of sp³-hybridized carbons (Fsp3) is 0.240. The number of anilines is 1. The van der Waals surface area contributed by atoms with Gasteiger partial charge in [0.1, 0.15) is 19.3 Å².